The topological polar surface area (TPSA) is 66.5 Å². The first-order chi connectivity index (χ1) is 11.3. The number of amides is 1. The van der Waals surface area contributed by atoms with Crippen LogP contribution in [0, 0.1) is 12.7 Å². The molecular formula is C17H19FN2O3S. The average Bonchev–Trinajstić information content (AvgIpc) is 2.50. The van der Waals surface area contributed by atoms with Crippen LogP contribution in [0.25, 0.3) is 0 Å². The average molecular weight is 350 g/mol. The van der Waals surface area contributed by atoms with E-state index in [1.54, 1.807) is 0 Å². The molecule has 0 atom stereocenters. The molecule has 7 heteroatoms. The minimum absolute atomic E-state index is 0.147. The Labute approximate surface area is 141 Å². The molecule has 0 unspecified atom stereocenters. The van der Waals surface area contributed by atoms with Gasteiger partial charge in [0.05, 0.1) is 11.9 Å². The van der Waals surface area contributed by atoms with Gasteiger partial charge in [-0.15, -0.1) is 0 Å². The van der Waals surface area contributed by atoms with Crippen molar-refractivity contribution in [2.75, 3.05) is 17.1 Å². The number of hydrogen-bond acceptors (Lipinski definition) is 3. The fourth-order valence-electron chi connectivity index (χ4n) is 2.24. The first-order valence-electron chi connectivity index (χ1n) is 7.32. The summed E-state index contributed by atoms with van der Waals surface area (Å²) in [4.78, 5) is 12.1. The third-order valence-corrected chi connectivity index (χ3v) is 4.51. The van der Waals surface area contributed by atoms with Gasteiger partial charge in [0.2, 0.25) is 15.9 Å². The molecule has 0 aliphatic rings. The van der Waals surface area contributed by atoms with Crippen LogP contribution in [-0.2, 0) is 21.4 Å². The van der Waals surface area contributed by atoms with Crippen molar-refractivity contribution >= 4 is 21.6 Å². The third-order valence-electron chi connectivity index (χ3n) is 3.38. The highest BCUT2D eigenvalue weighted by atomic mass is 32.2. The van der Waals surface area contributed by atoms with Crippen molar-refractivity contribution < 1.29 is 17.6 Å². The zero-order chi connectivity index (χ0) is 17.7. The molecule has 0 fully saturated rings. The molecular weight excluding hydrogens is 331 g/mol. The van der Waals surface area contributed by atoms with Crippen molar-refractivity contribution in [2.45, 2.75) is 13.5 Å². The van der Waals surface area contributed by atoms with Crippen LogP contribution in [0.2, 0.25) is 0 Å². The van der Waals surface area contributed by atoms with E-state index in [9.17, 15) is 17.6 Å². The van der Waals surface area contributed by atoms with Crippen LogP contribution in [-0.4, -0.2) is 27.1 Å². The summed E-state index contributed by atoms with van der Waals surface area (Å²) in [6, 6.07) is 13.0. The van der Waals surface area contributed by atoms with Gasteiger partial charge in [0.1, 0.15) is 12.4 Å². The first-order valence-corrected chi connectivity index (χ1v) is 9.16. The number of benzene rings is 2. The van der Waals surface area contributed by atoms with Crippen molar-refractivity contribution in [3.63, 3.8) is 0 Å². The zero-order valence-corrected chi connectivity index (χ0v) is 14.3. The Bertz CT molecular complexity index is 837. The number of carbonyl (C=O) groups is 1. The third kappa shape index (κ3) is 4.79. The molecule has 0 aliphatic carbocycles. The van der Waals surface area contributed by atoms with E-state index in [0.29, 0.717) is 0 Å². The SMILES string of the molecule is Cc1cccc(CNC(=O)CN(c2ccccc2F)S(C)(=O)=O)c1. The molecule has 0 heterocycles. The van der Waals surface area contributed by atoms with Crippen molar-refractivity contribution in [3.05, 3.63) is 65.5 Å². The molecule has 2 aromatic carbocycles. The van der Waals surface area contributed by atoms with Gasteiger partial charge in [0, 0.05) is 6.54 Å². The predicted molar refractivity (Wildman–Crippen MR) is 91.6 cm³/mol. The van der Waals surface area contributed by atoms with Gasteiger partial charge in [0.25, 0.3) is 0 Å². The largest absolute Gasteiger partial charge is 0.350 e. The highest BCUT2D eigenvalue weighted by Crippen LogP contribution is 2.20. The van der Waals surface area contributed by atoms with Crippen LogP contribution in [0.3, 0.4) is 0 Å². The molecule has 0 radical (unpaired) electrons. The van der Waals surface area contributed by atoms with Gasteiger partial charge in [-0.2, -0.15) is 0 Å². The Hall–Kier alpha value is -2.41. The number of anilines is 1. The zero-order valence-electron chi connectivity index (χ0n) is 13.5. The number of nitrogens with zero attached hydrogens (tertiary/aromatic N) is 1. The molecule has 0 bridgehead atoms. The standard InChI is InChI=1S/C17H19FN2O3S/c1-13-6-5-7-14(10-13)11-19-17(21)12-20(24(2,22)23)16-9-4-3-8-15(16)18/h3-10H,11-12H2,1-2H3,(H,19,21). The number of nitrogens with one attached hydrogen (secondary N) is 1. The van der Waals surface area contributed by atoms with Gasteiger partial charge >= 0.3 is 0 Å². The van der Waals surface area contributed by atoms with Crippen molar-refractivity contribution in [1.29, 1.82) is 0 Å². The highest BCUT2D eigenvalue weighted by molar-refractivity contribution is 7.92. The lowest BCUT2D eigenvalue weighted by molar-refractivity contribution is -0.119. The lowest BCUT2D eigenvalue weighted by atomic mass is 10.1. The van der Waals surface area contributed by atoms with Crippen LogP contribution >= 0.6 is 0 Å². The quantitative estimate of drug-likeness (QED) is 0.869. The van der Waals surface area contributed by atoms with E-state index in [4.69, 9.17) is 0 Å². The second-order valence-electron chi connectivity index (χ2n) is 5.49. The summed E-state index contributed by atoms with van der Waals surface area (Å²) in [7, 11) is -3.79. The number of hydrogen-bond donors (Lipinski definition) is 1. The number of sulfonamides is 1. The molecule has 1 N–H and O–H groups in total. The first kappa shape index (κ1) is 17.9. The monoisotopic (exact) mass is 350 g/mol. The van der Waals surface area contributed by atoms with Crippen molar-refractivity contribution in [2.24, 2.45) is 0 Å². The van der Waals surface area contributed by atoms with Crippen molar-refractivity contribution in [1.82, 2.24) is 5.32 Å². The Morgan fingerprint density at radius 3 is 2.50 bits per heavy atom. The summed E-state index contributed by atoms with van der Waals surface area (Å²) in [5.74, 6) is -1.21. The van der Waals surface area contributed by atoms with E-state index in [1.165, 1.54) is 18.2 Å². The maximum absolute atomic E-state index is 13.9. The normalized spacial score (nSPS) is 11.1. The molecule has 0 spiro atoms. The Morgan fingerprint density at radius 1 is 1.17 bits per heavy atom. The molecule has 0 aromatic heterocycles. The van der Waals surface area contributed by atoms with Gasteiger partial charge in [-0.1, -0.05) is 42.0 Å². The molecule has 1 amide bonds. The molecule has 2 aromatic rings. The van der Waals surface area contributed by atoms with E-state index in [1.807, 2.05) is 31.2 Å². The van der Waals surface area contributed by atoms with E-state index < -0.39 is 28.3 Å². The van der Waals surface area contributed by atoms with Crippen LogP contribution in [0.5, 0.6) is 0 Å². The molecule has 24 heavy (non-hydrogen) atoms. The second-order valence-corrected chi connectivity index (χ2v) is 7.39. The number of para-hydroxylation sites is 1. The lowest BCUT2D eigenvalue weighted by Crippen LogP contribution is -2.40. The predicted octanol–water partition coefficient (Wildman–Crippen LogP) is 2.22. The van der Waals surface area contributed by atoms with Crippen LogP contribution in [0.1, 0.15) is 11.1 Å². The summed E-state index contributed by atoms with van der Waals surface area (Å²) in [6.45, 7) is 1.73. The van der Waals surface area contributed by atoms with E-state index in [-0.39, 0.29) is 12.2 Å². The number of carbonyl (C=O) groups excluding carboxylic acids is 1. The van der Waals surface area contributed by atoms with E-state index in [0.717, 1.165) is 27.8 Å². The number of halogens is 1. The Kier molecular flexibility index (Phi) is 5.56. The second kappa shape index (κ2) is 7.44. The van der Waals surface area contributed by atoms with Gasteiger partial charge in [0.15, 0.2) is 0 Å². The van der Waals surface area contributed by atoms with Crippen molar-refractivity contribution in [3.8, 4) is 0 Å². The Morgan fingerprint density at radius 2 is 1.88 bits per heavy atom. The summed E-state index contributed by atoms with van der Waals surface area (Å²) in [6.07, 6.45) is 0.938. The molecule has 2 rings (SSSR count). The molecule has 5 nitrogen and oxygen atoms in total. The molecule has 0 saturated heterocycles. The maximum Gasteiger partial charge on any atom is 0.241 e. The Balaban J connectivity index is 2.10. The number of rotatable bonds is 6. The summed E-state index contributed by atoms with van der Waals surface area (Å²) >= 11 is 0. The summed E-state index contributed by atoms with van der Waals surface area (Å²) in [5.41, 5.74) is 1.82. The van der Waals surface area contributed by atoms with Gasteiger partial charge in [-0.05, 0) is 24.6 Å². The summed E-state index contributed by atoms with van der Waals surface area (Å²) in [5, 5.41) is 2.65. The minimum Gasteiger partial charge on any atom is -0.350 e. The minimum atomic E-state index is -3.79. The highest BCUT2D eigenvalue weighted by Gasteiger charge is 2.23. The maximum atomic E-state index is 13.9. The lowest BCUT2D eigenvalue weighted by Gasteiger charge is -2.22. The summed E-state index contributed by atoms with van der Waals surface area (Å²) < 4.78 is 38.5. The van der Waals surface area contributed by atoms with Crippen LogP contribution < -0.4 is 9.62 Å². The molecule has 0 saturated carbocycles. The van der Waals surface area contributed by atoms with E-state index in [2.05, 4.69) is 5.32 Å². The van der Waals surface area contributed by atoms with Gasteiger partial charge in [-0.3, -0.25) is 9.10 Å². The number of aryl methyl sites for hydroxylation is 1. The van der Waals surface area contributed by atoms with Crippen LogP contribution in [0.4, 0.5) is 10.1 Å². The van der Waals surface area contributed by atoms with E-state index >= 15 is 0 Å². The fourth-order valence-corrected chi connectivity index (χ4v) is 3.10. The van der Waals surface area contributed by atoms with Gasteiger partial charge < -0.3 is 5.32 Å². The smallest absolute Gasteiger partial charge is 0.241 e. The molecule has 128 valence electrons. The van der Waals surface area contributed by atoms with Crippen LogP contribution in [0.15, 0.2) is 48.5 Å². The van der Waals surface area contributed by atoms with Gasteiger partial charge in [-0.25, -0.2) is 12.8 Å². The fraction of sp³-hybridized carbons (Fsp3) is 0.235. The molecule has 0 aliphatic heterocycles.